The summed E-state index contributed by atoms with van der Waals surface area (Å²) in [5, 5.41) is 0. The molecule has 1 aliphatic rings. The van der Waals surface area contributed by atoms with Crippen LogP contribution in [-0.4, -0.2) is 5.78 Å². The highest BCUT2D eigenvalue weighted by atomic mass is 16.1. The maximum absolute atomic E-state index is 11.7. The molecule has 0 spiro atoms. The first kappa shape index (κ1) is 14.5. The molecule has 1 heteroatoms. The summed E-state index contributed by atoms with van der Waals surface area (Å²) < 4.78 is 0. The summed E-state index contributed by atoms with van der Waals surface area (Å²) in [4.78, 5) is 11.7. The van der Waals surface area contributed by atoms with Crippen molar-refractivity contribution in [3.63, 3.8) is 0 Å². The van der Waals surface area contributed by atoms with Gasteiger partial charge in [-0.3, -0.25) is 4.79 Å². The third-order valence-corrected chi connectivity index (χ3v) is 3.59. The van der Waals surface area contributed by atoms with Crippen molar-refractivity contribution >= 4 is 5.78 Å². The number of carbonyl (C=O) groups excluding carboxylic acids is 1. The van der Waals surface area contributed by atoms with Gasteiger partial charge in [0.15, 0.2) is 0 Å². The third kappa shape index (κ3) is 8.18. The maximum atomic E-state index is 11.7. The molecule has 1 aliphatic carbocycles. The summed E-state index contributed by atoms with van der Waals surface area (Å²) in [7, 11) is 0. The molecule has 0 saturated carbocycles. The Morgan fingerprint density at radius 1 is 0.941 bits per heavy atom. The van der Waals surface area contributed by atoms with E-state index in [-0.39, 0.29) is 0 Å². The monoisotopic (exact) mass is 236 g/mol. The fraction of sp³-hybridized carbons (Fsp3) is 0.812. The van der Waals surface area contributed by atoms with Gasteiger partial charge in [-0.05, 0) is 25.2 Å². The van der Waals surface area contributed by atoms with Crippen LogP contribution in [0, 0.1) is 5.92 Å². The molecule has 1 atom stereocenters. The van der Waals surface area contributed by atoms with Crippen LogP contribution < -0.4 is 0 Å². The van der Waals surface area contributed by atoms with Gasteiger partial charge in [0.2, 0.25) is 0 Å². The van der Waals surface area contributed by atoms with Gasteiger partial charge < -0.3 is 0 Å². The van der Waals surface area contributed by atoms with Crippen LogP contribution in [0.3, 0.4) is 0 Å². The van der Waals surface area contributed by atoms with Crippen LogP contribution in [0.15, 0.2) is 12.2 Å². The predicted octanol–water partition coefficient (Wildman–Crippen LogP) is 5.05. The molecule has 17 heavy (non-hydrogen) atoms. The van der Waals surface area contributed by atoms with Gasteiger partial charge in [0.05, 0.1) is 0 Å². The molecule has 1 nitrogen and oxygen atoms in total. The van der Waals surface area contributed by atoms with E-state index in [0.717, 1.165) is 19.3 Å². The molecule has 0 bridgehead atoms. The number of allylic oxidation sites excluding steroid dienone is 2. The van der Waals surface area contributed by atoms with Crippen molar-refractivity contribution in [1.29, 1.82) is 0 Å². The highest BCUT2D eigenvalue weighted by Gasteiger charge is 2.06. The average molecular weight is 236 g/mol. The quantitative estimate of drug-likeness (QED) is 0.538. The number of carbonyl (C=O) groups is 1. The number of Topliss-reactive ketones (excluding diaryl/α,β-unsaturated/α-hetero) is 1. The smallest absolute Gasteiger partial charge is 0.133 e. The highest BCUT2D eigenvalue weighted by molar-refractivity contribution is 5.78. The molecule has 1 rings (SSSR count). The van der Waals surface area contributed by atoms with Gasteiger partial charge in [-0.25, -0.2) is 0 Å². The maximum Gasteiger partial charge on any atom is 0.133 e. The molecule has 0 aromatic carbocycles. The van der Waals surface area contributed by atoms with Crippen molar-refractivity contribution in [3.05, 3.63) is 12.2 Å². The normalized spacial score (nSPS) is 28.1. The predicted molar refractivity (Wildman–Crippen MR) is 74.1 cm³/mol. The molecule has 0 amide bonds. The van der Waals surface area contributed by atoms with Crippen molar-refractivity contribution in [2.75, 3.05) is 0 Å². The standard InChI is InChI=1S/C16H28O/c1-15-12-10-8-6-4-2-3-5-7-9-11-13-16(17)14-15/h10,12,15H,2-9,11,13-14H2,1H3/b12-10-/t15-/m0/s1. The minimum atomic E-state index is 0.438. The summed E-state index contributed by atoms with van der Waals surface area (Å²) >= 11 is 0. The fourth-order valence-electron chi connectivity index (χ4n) is 2.50. The Labute approximate surface area is 107 Å². The van der Waals surface area contributed by atoms with Gasteiger partial charge in [-0.15, -0.1) is 0 Å². The zero-order valence-electron chi connectivity index (χ0n) is 11.4. The first-order chi connectivity index (χ1) is 8.29. The molecule has 0 saturated heterocycles. The Balaban J connectivity index is 2.31. The second-order valence-corrected chi connectivity index (χ2v) is 5.52. The second kappa shape index (κ2) is 9.44. The summed E-state index contributed by atoms with van der Waals surface area (Å²) in [5.41, 5.74) is 0. The topological polar surface area (TPSA) is 17.1 Å². The van der Waals surface area contributed by atoms with Gasteiger partial charge in [0, 0.05) is 12.8 Å². The van der Waals surface area contributed by atoms with Gasteiger partial charge >= 0.3 is 0 Å². The molecule has 0 heterocycles. The lowest BCUT2D eigenvalue weighted by Crippen LogP contribution is -2.03. The van der Waals surface area contributed by atoms with E-state index in [9.17, 15) is 4.79 Å². The van der Waals surface area contributed by atoms with Gasteiger partial charge in [-0.2, -0.15) is 0 Å². The Bertz CT molecular complexity index is 230. The van der Waals surface area contributed by atoms with Crippen LogP contribution in [-0.2, 0) is 4.79 Å². The van der Waals surface area contributed by atoms with E-state index in [2.05, 4.69) is 19.1 Å². The van der Waals surface area contributed by atoms with Crippen LogP contribution >= 0.6 is 0 Å². The Kier molecular flexibility index (Phi) is 8.04. The highest BCUT2D eigenvalue weighted by Crippen LogP contribution is 2.14. The fourth-order valence-corrected chi connectivity index (χ4v) is 2.50. The summed E-state index contributed by atoms with van der Waals surface area (Å²) in [6, 6.07) is 0. The summed E-state index contributed by atoms with van der Waals surface area (Å²) in [6.07, 6.45) is 17.8. The molecule has 0 fully saturated rings. The van der Waals surface area contributed by atoms with Crippen LogP contribution in [0.2, 0.25) is 0 Å². The molecule has 0 aliphatic heterocycles. The van der Waals surface area contributed by atoms with Gasteiger partial charge in [-0.1, -0.05) is 57.6 Å². The van der Waals surface area contributed by atoms with E-state index >= 15 is 0 Å². The van der Waals surface area contributed by atoms with E-state index in [1.807, 2.05) is 0 Å². The molecule has 0 radical (unpaired) electrons. The SMILES string of the molecule is C[C@H]1/C=C\CCCCCCCCCCC(=O)C1. The third-order valence-electron chi connectivity index (χ3n) is 3.59. The Hall–Kier alpha value is -0.590. The van der Waals surface area contributed by atoms with E-state index in [4.69, 9.17) is 0 Å². The number of ketones is 1. The number of hydrogen-bond donors (Lipinski definition) is 0. The van der Waals surface area contributed by atoms with E-state index in [1.54, 1.807) is 0 Å². The first-order valence-corrected chi connectivity index (χ1v) is 7.47. The molecular formula is C16H28O. The minimum absolute atomic E-state index is 0.438. The van der Waals surface area contributed by atoms with E-state index in [0.29, 0.717) is 11.7 Å². The lowest BCUT2D eigenvalue weighted by atomic mass is 10.00. The van der Waals surface area contributed by atoms with Crippen molar-refractivity contribution in [2.45, 2.75) is 77.6 Å². The van der Waals surface area contributed by atoms with Crippen LogP contribution in [0.1, 0.15) is 77.6 Å². The van der Waals surface area contributed by atoms with Crippen molar-refractivity contribution in [2.24, 2.45) is 5.92 Å². The minimum Gasteiger partial charge on any atom is -0.300 e. The van der Waals surface area contributed by atoms with E-state index in [1.165, 1.54) is 51.4 Å². The zero-order chi connectivity index (χ0) is 12.3. The van der Waals surface area contributed by atoms with E-state index < -0.39 is 0 Å². The van der Waals surface area contributed by atoms with Crippen molar-refractivity contribution in [3.8, 4) is 0 Å². The molecule has 0 aromatic rings. The summed E-state index contributed by atoms with van der Waals surface area (Å²) in [5.74, 6) is 0.893. The van der Waals surface area contributed by atoms with Crippen LogP contribution in [0.4, 0.5) is 0 Å². The van der Waals surface area contributed by atoms with Crippen molar-refractivity contribution in [1.82, 2.24) is 0 Å². The van der Waals surface area contributed by atoms with Gasteiger partial charge in [0.1, 0.15) is 5.78 Å². The molecule has 0 N–H and O–H groups in total. The average Bonchev–Trinajstić information content (AvgIpc) is 2.30. The number of hydrogen-bond acceptors (Lipinski definition) is 1. The van der Waals surface area contributed by atoms with Crippen LogP contribution in [0.25, 0.3) is 0 Å². The van der Waals surface area contributed by atoms with Crippen LogP contribution in [0.5, 0.6) is 0 Å². The largest absolute Gasteiger partial charge is 0.300 e. The lowest BCUT2D eigenvalue weighted by Gasteiger charge is -2.05. The Morgan fingerprint density at radius 2 is 1.53 bits per heavy atom. The van der Waals surface area contributed by atoms with Gasteiger partial charge in [0.25, 0.3) is 0 Å². The van der Waals surface area contributed by atoms with Crippen molar-refractivity contribution < 1.29 is 4.79 Å². The number of rotatable bonds is 0. The molecule has 0 aromatic heterocycles. The molecule has 98 valence electrons. The lowest BCUT2D eigenvalue weighted by molar-refractivity contribution is -0.119. The Morgan fingerprint density at radius 3 is 2.24 bits per heavy atom. The molecular weight excluding hydrogens is 208 g/mol. The molecule has 0 unspecified atom stereocenters. The second-order valence-electron chi connectivity index (χ2n) is 5.52. The summed E-state index contributed by atoms with van der Waals surface area (Å²) in [6.45, 7) is 2.16. The zero-order valence-corrected chi connectivity index (χ0v) is 11.4. The first-order valence-electron chi connectivity index (χ1n) is 7.47.